The summed E-state index contributed by atoms with van der Waals surface area (Å²) in [5.41, 5.74) is 0.605. The van der Waals surface area contributed by atoms with Gasteiger partial charge in [-0.05, 0) is 18.2 Å². The zero-order valence-electron chi connectivity index (χ0n) is 15.5. The summed E-state index contributed by atoms with van der Waals surface area (Å²) in [5, 5.41) is 31.9. The highest BCUT2D eigenvalue weighted by Crippen LogP contribution is 2.29. The minimum atomic E-state index is -0.246. The number of phenolic OH excluding ortho intramolecular Hbond substituents is 1. The van der Waals surface area contributed by atoms with Gasteiger partial charge >= 0.3 is 0 Å². The zero-order chi connectivity index (χ0) is 20.2. The number of carbonyl (C=O) groups is 1. The molecule has 4 N–H and O–H groups in total. The minimum absolute atomic E-state index is 0.0435. The minimum Gasteiger partial charge on any atom is -0.504 e. The van der Waals surface area contributed by atoms with E-state index in [9.17, 15) is 15.0 Å². The Morgan fingerprint density at radius 1 is 0.857 bits per heavy atom. The molecule has 0 aliphatic rings. The molecule has 0 amide bonds. The van der Waals surface area contributed by atoms with Crippen LogP contribution in [0.3, 0.4) is 0 Å². The number of rotatable bonds is 13. The van der Waals surface area contributed by atoms with Crippen LogP contribution in [0, 0.1) is 0 Å². The summed E-state index contributed by atoms with van der Waals surface area (Å²) in [6, 6.07) is 9.69. The van der Waals surface area contributed by atoms with Crippen LogP contribution in [0.5, 0.6) is 23.0 Å². The molecule has 8 nitrogen and oxygen atoms in total. The molecule has 28 heavy (non-hydrogen) atoms. The van der Waals surface area contributed by atoms with Crippen molar-refractivity contribution in [3.8, 4) is 23.0 Å². The van der Waals surface area contributed by atoms with Gasteiger partial charge in [-0.15, -0.1) is 0 Å². The first kappa shape index (κ1) is 21.5. The predicted octanol–water partition coefficient (Wildman–Crippen LogP) is 1.47. The molecule has 0 aromatic heterocycles. The fourth-order valence-corrected chi connectivity index (χ4v) is 2.38. The predicted molar refractivity (Wildman–Crippen MR) is 102 cm³/mol. The van der Waals surface area contributed by atoms with Gasteiger partial charge in [-0.25, -0.2) is 0 Å². The second-order valence-electron chi connectivity index (χ2n) is 5.79. The molecule has 0 bridgehead atoms. The molecule has 0 saturated heterocycles. The Kier molecular flexibility index (Phi) is 9.06. The average Bonchev–Trinajstić information content (AvgIpc) is 2.71. The molecule has 8 heteroatoms. The van der Waals surface area contributed by atoms with Gasteiger partial charge < -0.3 is 34.8 Å². The van der Waals surface area contributed by atoms with Crippen LogP contribution in [0.15, 0.2) is 36.4 Å². The van der Waals surface area contributed by atoms with Crippen molar-refractivity contribution < 1.29 is 34.3 Å². The number of aromatic hydroxyl groups is 2. The van der Waals surface area contributed by atoms with Gasteiger partial charge in [-0.1, -0.05) is 18.2 Å². The molecule has 2 rings (SSSR count). The Bertz CT molecular complexity index is 751. The molecule has 0 fully saturated rings. The molecule has 0 aliphatic carbocycles. The molecule has 152 valence electrons. The first-order valence-corrected chi connectivity index (χ1v) is 8.90. The van der Waals surface area contributed by atoms with Crippen molar-refractivity contribution >= 4 is 6.29 Å². The summed E-state index contributed by atoms with van der Waals surface area (Å²) in [4.78, 5) is 10.8. The topological polar surface area (TPSA) is 117 Å². The molecule has 0 unspecified atom stereocenters. The van der Waals surface area contributed by atoms with E-state index in [0.717, 1.165) is 0 Å². The summed E-state index contributed by atoms with van der Waals surface area (Å²) >= 11 is 0. The average molecular weight is 391 g/mol. The lowest BCUT2D eigenvalue weighted by molar-refractivity contribution is 0.1000. The van der Waals surface area contributed by atoms with Crippen molar-refractivity contribution in [3.05, 3.63) is 47.5 Å². The van der Waals surface area contributed by atoms with E-state index in [1.54, 1.807) is 30.3 Å². The van der Waals surface area contributed by atoms with E-state index in [-0.39, 0.29) is 36.0 Å². The second-order valence-corrected chi connectivity index (χ2v) is 5.79. The van der Waals surface area contributed by atoms with E-state index < -0.39 is 0 Å². The number of phenols is 2. The van der Waals surface area contributed by atoms with Crippen LogP contribution in [0.1, 0.15) is 15.9 Å². The molecule has 2 aromatic carbocycles. The van der Waals surface area contributed by atoms with Gasteiger partial charge in [0.25, 0.3) is 0 Å². The van der Waals surface area contributed by atoms with Crippen LogP contribution < -0.4 is 14.8 Å². The monoisotopic (exact) mass is 391 g/mol. The van der Waals surface area contributed by atoms with E-state index in [1.807, 2.05) is 0 Å². The number of para-hydroxylation sites is 2. The van der Waals surface area contributed by atoms with Crippen LogP contribution >= 0.6 is 0 Å². The maximum Gasteiger partial charge on any atom is 0.168 e. The molecular formula is C20H25NO7. The van der Waals surface area contributed by atoms with Gasteiger partial charge in [0.2, 0.25) is 0 Å². The highest BCUT2D eigenvalue weighted by atomic mass is 16.5. The Balaban J connectivity index is 1.52. The van der Waals surface area contributed by atoms with Gasteiger partial charge in [0.15, 0.2) is 29.3 Å². The number of benzene rings is 2. The van der Waals surface area contributed by atoms with Gasteiger partial charge in [0.1, 0.15) is 13.2 Å². The van der Waals surface area contributed by atoms with Gasteiger partial charge in [0.05, 0.1) is 25.4 Å². The number of aliphatic hydroxyl groups is 1. The van der Waals surface area contributed by atoms with Gasteiger partial charge in [-0.2, -0.15) is 0 Å². The molecule has 0 saturated carbocycles. The van der Waals surface area contributed by atoms with Crippen molar-refractivity contribution in [2.24, 2.45) is 0 Å². The number of ether oxygens (including phenoxy) is 3. The molecule has 0 aliphatic heterocycles. The number of hydrogen-bond acceptors (Lipinski definition) is 8. The lowest BCUT2D eigenvalue weighted by atomic mass is 10.2. The molecule has 0 atom stereocenters. The fourth-order valence-electron chi connectivity index (χ4n) is 2.38. The standard InChI is InChI=1S/C20H25NO7/c22-13-15-3-1-5-17(19(15)24)27-10-8-21-7-9-26-11-12-28-18-6-2-4-16(14-23)20(18)25/h1-6,14,21-22,24-25H,7-13H2. The zero-order valence-corrected chi connectivity index (χ0v) is 15.5. The Labute approximate surface area is 163 Å². The highest BCUT2D eigenvalue weighted by molar-refractivity contribution is 5.80. The van der Waals surface area contributed by atoms with Crippen molar-refractivity contribution in [2.75, 3.05) is 39.5 Å². The third-order valence-electron chi connectivity index (χ3n) is 3.85. The number of hydrogen-bond donors (Lipinski definition) is 4. The number of aldehydes is 1. The fraction of sp³-hybridized carbons (Fsp3) is 0.350. The SMILES string of the molecule is O=Cc1cccc(OCCOCCNCCOc2cccc(CO)c2O)c1O. The summed E-state index contributed by atoms with van der Waals surface area (Å²) in [5.74, 6) is 0.369. The first-order chi connectivity index (χ1) is 13.7. The van der Waals surface area contributed by atoms with E-state index in [0.29, 0.717) is 50.5 Å². The Morgan fingerprint density at radius 3 is 2.29 bits per heavy atom. The molecule has 2 aromatic rings. The van der Waals surface area contributed by atoms with E-state index in [1.165, 1.54) is 6.07 Å². The van der Waals surface area contributed by atoms with Gasteiger partial charge in [-0.3, -0.25) is 4.79 Å². The number of carbonyl (C=O) groups excluding carboxylic acids is 1. The Morgan fingerprint density at radius 2 is 1.54 bits per heavy atom. The maximum atomic E-state index is 10.8. The number of nitrogens with one attached hydrogen (secondary N) is 1. The molecule has 0 radical (unpaired) electrons. The molecular weight excluding hydrogens is 366 g/mol. The van der Waals surface area contributed by atoms with Crippen molar-refractivity contribution in [3.63, 3.8) is 0 Å². The van der Waals surface area contributed by atoms with Gasteiger partial charge in [0, 0.05) is 18.7 Å². The van der Waals surface area contributed by atoms with Crippen LogP contribution in [0.25, 0.3) is 0 Å². The molecule has 0 heterocycles. The van der Waals surface area contributed by atoms with Crippen LogP contribution in [-0.4, -0.2) is 61.1 Å². The van der Waals surface area contributed by atoms with Crippen LogP contribution in [-0.2, 0) is 11.3 Å². The second kappa shape index (κ2) is 11.8. The highest BCUT2D eigenvalue weighted by Gasteiger charge is 2.07. The third-order valence-corrected chi connectivity index (χ3v) is 3.85. The smallest absolute Gasteiger partial charge is 0.168 e. The summed E-state index contributed by atoms with van der Waals surface area (Å²) in [6.07, 6.45) is 0.568. The van der Waals surface area contributed by atoms with Crippen LogP contribution in [0.4, 0.5) is 0 Å². The molecule has 0 spiro atoms. The third kappa shape index (κ3) is 6.41. The summed E-state index contributed by atoms with van der Waals surface area (Å²) in [7, 11) is 0. The lowest BCUT2D eigenvalue weighted by Crippen LogP contribution is -2.25. The lowest BCUT2D eigenvalue weighted by Gasteiger charge is -2.11. The summed E-state index contributed by atoms with van der Waals surface area (Å²) in [6.45, 7) is 2.34. The van der Waals surface area contributed by atoms with E-state index in [2.05, 4.69) is 5.32 Å². The Hall–Kier alpha value is -2.81. The van der Waals surface area contributed by atoms with E-state index in [4.69, 9.17) is 19.3 Å². The quantitative estimate of drug-likeness (QED) is 0.300. The van der Waals surface area contributed by atoms with E-state index >= 15 is 0 Å². The maximum absolute atomic E-state index is 10.8. The summed E-state index contributed by atoms with van der Waals surface area (Å²) < 4.78 is 16.3. The van der Waals surface area contributed by atoms with Crippen LogP contribution in [0.2, 0.25) is 0 Å². The van der Waals surface area contributed by atoms with Crippen molar-refractivity contribution in [1.29, 1.82) is 0 Å². The number of aliphatic hydroxyl groups excluding tert-OH is 1. The van der Waals surface area contributed by atoms with Crippen molar-refractivity contribution in [1.82, 2.24) is 5.32 Å². The largest absolute Gasteiger partial charge is 0.504 e. The first-order valence-electron chi connectivity index (χ1n) is 8.90. The van der Waals surface area contributed by atoms with Crippen molar-refractivity contribution in [2.45, 2.75) is 6.61 Å². The normalized spacial score (nSPS) is 10.6.